The third kappa shape index (κ3) is 6.32. The molecule has 0 fully saturated rings. The summed E-state index contributed by atoms with van der Waals surface area (Å²) >= 11 is 7.45. The molecule has 162 valence electrons. The maximum atomic E-state index is 13.0. The van der Waals surface area contributed by atoms with Crippen molar-refractivity contribution in [3.63, 3.8) is 0 Å². The number of thiazole rings is 1. The van der Waals surface area contributed by atoms with Crippen LogP contribution >= 0.6 is 35.3 Å². The number of aryl methyl sites for hydroxylation is 2. The number of ether oxygens (including phenoxy) is 1. The average molecular weight is 468 g/mol. The van der Waals surface area contributed by atoms with Crippen molar-refractivity contribution in [1.82, 2.24) is 9.88 Å². The minimum Gasteiger partial charge on any atom is -0.484 e. The summed E-state index contributed by atoms with van der Waals surface area (Å²) < 4.78 is 6.77. The van der Waals surface area contributed by atoms with Crippen LogP contribution in [0.3, 0.4) is 0 Å². The summed E-state index contributed by atoms with van der Waals surface area (Å²) in [5, 5.41) is 1.35. The zero-order valence-corrected chi connectivity index (χ0v) is 20.0. The van der Waals surface area contributed by atoms with E-state index >= 15 is 0 Å². The van der Waals surface area contributed by atoms with Gasteiger partial charge < -0.3 is 9.64 Å². The summed E-state index contributed by atoms with van der Waals surface area (Å²) in [5.74, 6) is 0.512. The molecule has 0 saturated carbocycles. The lowest BCUT2D eigenvalue weighted by Gasteiger charge is -2.21. The average Bonchev–Trinajstić information content (AvgIpc) is 3.07. The second-order valence-electron chi connectivity index (χ2n) is 7.35. The molecule has 3 aromatic rings. The fourth-order valence-corrected chi connectivity index (χ4v) is 4.12. The van der Waals surface area contributed by atoms with Crippen LogP contribution < -0.4 is 9.64 Å². The molecule has 0 aliphatic heterocycles. The first-order chi connectivity index (χ1) is 13.8. The van der Waals surface area contributed by atoms with Gasteiger partial charge in [0.2, 0.25) is 0 Å². The molecule has 0 saturated heterocycles. The van der Waals surface area contributed by atoms with Gasteiger partial charge in [-0.15, -0.1) is 12.4 Å². The Kier molecular flexibility index (Phi) is 8.92. The van der Waals surface area contributed by atoms with E-state index in [1.54, 1.807) is 40.5 Å². The number of rotatable bonds is 8. The number of hydrogen-bond donors (Lipinski definition) is 0. The fraction of sp³-hybridized carbons (Fsp3) is 0.364. The normalized spacial score (nSPS) is 10.9. The first-order valence-corrected chi connectivity index (χ1v) is 10.7. The summed E-state index contributed by atoms with van der Waals surface area (Å²) in [5.41, 5.74) is 3.35. The SMILES string of the molecule is Cc1cc2nc(N(CCCN(C)C)C(=O)COc3ccc(Cl)cc3)sc2cc1C.Cl. The lowest BCUT2D eigenvalue weighted by Crippen LogP contribution is -2.36. The van der Waals surface area contributed by atoms with E-state index in [4.69, 9.17) is 21.3 Å². The van der Waals surface area contributed by atoms with Crippen molar-refractivity contribution in [2.45, 2.75) is 20.3 Å². The maximum Gasteiger partial charge on any atom is 0.266 e. The number of anilines is 1. The predicted molar refractivity (Wildman–Crippen MR) is 129 cm³/mol. The molecule has 1 aromatic heterocycles. The van der Waals surface area contributed by atoms with E-state index in [1.807, 2.05) is 14.1 Å². The van der Waals surface area contributed by atoms with E-state index in [1.165, 1.54) is 11.1 Å². The van der Waals surface area contributed by atoms with E-state index in [2.05, 4.69) is 30.9 Å². The number of benzene rings is 2. The molecule has 3 rings (SSSR count). The van der Waals surface area contributed by atoms with Crippen molar-refractivity contribution in [2.75, 3.05) is 38.7 Å². The maximum absolute atomic E-state index is 13.0. The van der Waals surface area contributed by atoms with Gasteiger partial charge in [-0.2, -0.15) is 0 Å². The molecule has 8 heteroatoms. The van der Waals surface area contributed by atoms with Crippen LogP contribution in [0.15, 0.2) is 36.4 Å². The summed E-state index contributed by atoms with van der Waals surface area (Å²) in [7, 11) is 4.05. The van der Waals surface area contributed by atoms with Crippen LogP contribution in [0.4, 0.5) is 5.13 Å². The van der Waals surface area contributed by atoms with Crippen LogP contribution in [0.25, 0.3) is 10.2 Å². The van der Waals surface area contributed by atoms with Crippen molar-refractivity contribution in [1.29, 1.82) is 0 Å². The first-order valence-electron chi connectivity index (χ1n) is 9.55. The molecule has 0 atom stereocenters. The zero-order chi connectivity index (χ0) is 21.0. The van der Waals surface area contributed by atoms with Crippen molar-refractivity contribution in [3.05, 3.63) is 52.5 Å². The molecule has 5 nitrogen and oxygen atoms in total. The van der Waals surface area contributed by atoms with Gasteiger partial charge in [0.15, 0.2) is 11.7 Å². The second kappa shape index (κ2) is 11.0. The topological polar surface area (TPSA) is 45.7 Å². The number of fused-ring (bicyclic) bond motifs is 1. The van der Waals surface area contributed by atoms with Crippen LogP contribution in [-0.2, 0) is 4.79 Å². The molecule has 2 aromatic carbocycles. The molecular formula is C22H27Cl2N3O2S. The van der Waals surface area contributed by atoms with E-state index in [9.17, 15) is 4.79 Å². The Morgan fingerprint density at radius 1 is 1.10 bits per heavy atom. The number of amides is 1. The molecular weight excluding hydrogens is 441 g/mol. The highest BCUT2D eigenvalue weighted by atomic mass is 35.5. The van der Waals surface area contributed by atoms with Crippen molar-refractivity contribution in [2.24, 2.45) is 0 Å². The Morgan fingerprint density at radius 3 is 2.43 bits per heavy atom. The molecule has 0 aliphatic carbocycles. The molecule has 0 bridgehead atoms. The molecule has 0 unspecified atom stereocenters. The standard InChI is InChI=1S/C22H26ClN3O2S.ClH/c1-15-12-19-20(13-16(15)2)29-22(24-19)26(11-5-10-25(3)4)21(27)14-28-18-8-6-17(23)7-9-18;/h6-9,12-13H,5,10-11,14H2,1-4H3;1H. The Morgan fingerprint density at radius 2 is 1.77 bits per heavy atom. The third-order valence-corrected chi connectivity index (χ3v) is 5.98. The van der Waals surface area contributed by atoms with Gasteiger partial charge in [0, 0.05) is 11.6 Å². The van der Waals surface area contributed by atoms with Gasteiger partial charge >= 0.3 is 0 Å². The van der Waals surface area contributed by atoms with Gasteiger partial charge in [0.05, 0.1) is 10.2 Å². The number of carbonyl (C=O) groups is 1. The number of carbonyl (C=O) groups excluding carboxylic acids is 1. The summed E-state index contributed by atoms with van der Waals surface area (Å²) in [6.45, 7) is 5.61. The van der Waals surface area contributed by atoms with E-state index < -0.39 is 0 Å². The Balaban J connectivity index is 0.00000320. The highest BCUT2D eigenvalue weighted by Gasteiger charge is 2.20. The number of aromatic nitrogens is 1. The molecule has 30 heavy (non-hydrogen) atoms. The summed E-state index contributed by atoms with van der Waals surface area (Å²) in [6.07, 6.45) is 0.855. The minimum atomic E-state index is -0.105. The summed E-state index contributed by atoms with van der Waals surface area (Å²) in [4.78, 5) is 21.6. The third-order valence-electron chi connectivity index (χ3n) is 4.69. The molecule has 0 N–H and O–H groups in total. The molecule has 0 aliphatic rings. The van der Waals surface area contributed by atoms with Crippen molar-refractivity contribution < 1.29 is 9.53 Å². The molecule has 1 amide bonds. The van der Waals surface area contributed by atoms with Gasteiger partial charge in [-0.25, -0.2) is 4.98 Å². The summed E-state index contributed by atoms with van der Waals surface area (Å²) in [6, 6.07) is 11.2. The van der Waals surface area contributed by atoms with Gasteiger partial charge in [-0.3, -0.25) is 9.69 Å². The smallest absolute Gasteiger partial charge is 0.266 e. The number of nitrogens with zero attached hydrogens (tertiary/aromatic N) is 3. The zero-order valence-electron chi connectivity index (χ0n) is 17.6. The van der Waals surface area contributed by atoms with E-state index in [0.29, 0.717) is 22.4 Å². The van der Waals surface area contributed by atoms with Gasteiger partial charge in [0.1, 0.15) is 5.75 Å². The van der Waals surface area contributed by atoms with Crippen LogP contribution in [0, 0.1) is 13.8 Å². The van der Waals surface area contributed by atoms with Crippen LogP contribution in [0.2, 0.25) is 5.02 Å². The van der Waals surface area contributed by atoms with Gasteiger partial charge in [-0.05, 0) is 88.4 Å². The van der Waals surface area contributed by atoms with Gasteiger partial charge in [0.25, 0.3) is 5.91 Å². The highest BCUT2D eigenvalue weighted by Crippen LogP contribution is 2.31. The lowest BCUT2D eigenvalue weighted by atomic mass is 10.1. The second-order valence-corrected chi connectivity index (χ2v) is 8.79. The van der Waals surface area contributed by atoms with Crippen molar-refractivity contribution >= 4 is 56.6 Å². The highest BCUT2D eigenvalue weighted by molar-refractivity contribution is 7.22. The largest absolute Gasteiger partial charge is 0.484 e. The van der Waals surface area contributed by atoms with E-state index in [0.717, 1.165) is 23.2 Å². The first kappa shape index (κ1) is 24.4. The quantitative estimate of drug-likeness (QED) is 0.447. The minimum absolute atomic E-state index is 0. The van der Waals surface area contributed by atoms with Crippen LogP contribution in [0.1, 0.15) is 17.5 Å². The van der Waals surface area contributed by atoms with Crippen LogP contribution in [-0.4, -0.2) is 49.6 Å². The number of halogens is 2. The van der Waals surface area contributed by atoms with Crippen LogP contribution in [0.5, 0.6) is 5.75 Å². The Hall–Kier alpha value is -1.86. The Bertz CT molecular complexity index is 951. The van der Waals surface area contributed by atoms with E-state index in [-0.39, 0.29) is 24.9 Å². The molecule has 0 radical (unpaired) electrons. The lowest BCUT2D eigenvalue weighted by molar-refractivity contribution is -0.120. The number of hydrogen-bond acceptors (Lipinski definition) is 5. The molecule has 0 spiro atoms. The molecule has 1 heterocycles. The monoisotopic (exact) mass is 467 g/mol. The predicted octanol–water partition coefficient (Wildman–Crippen LogP) is 5.35. The Labute approximate surface area is 193 Å². The van der Waals surface area contributed by atoms with Gasteiger partial charge in [-0.1, -0.05) is 22.9 Å². The fourth-order valence-electron chi connectivity index (χ4n) is 2.91. The van der Waals surface area contributed by atoms with Crippen molar-refractivity contribution in [3.8, 4) is 5.75 Å².